The summed E-state index contributed by atoms with van der Waals surface area (Å²) in [6.45, 7) is 3.26. The number of rotatable bonds is 2. The summed E-state index contributed by atoms with van der Waals surface area (Å²) in [6.07, 6.45) is 4.86. The van der Waals surface area contributed by atoms with Gasteiger partial charge in [-0.3, -0.25) is 14.6 Å². The number of fused-ring (bicyclic) bond motifs is 2. The summed E-state index contributed by atoms with van der Waals surface area (Å²) >= 11 is 0. The van der Waals surface area contributed by atoms with Gasteiger partial charge in [0.05, 0.1) is 11.2 Å². The Kier molecular flexibility index (Phi) is 3.17. The summed E-state index contributed by atoms with van der Waals surface area (Å²) in [7, 11) is 0. The molecule has 0 radical (unpaired) electrons. The average molecular weight is 326 g/mol. The molecule has 1 aliphatic heterocycles. The summed E-state index contributed by atoms with van der Waals surface area (Å²) in [6, 6.07) is 16.4. The van der Waals surface area contributed by atoms with Crippen LogP contribution in [0.2, 0.25) is 0 Å². The van der Waals surface area contributed by atoms with Crippen molar-refractivity contribution in [3.63, 3.8) is 0 Å². The van der Waals surface area contributed by atoms with Crippen molar-refractivity contribution in [2.24, 2.45) is 0 Å². The maximum atomic E-state index is 4.93. The fourth-order valence-electron chi connectivity index (χ4n) is 3.86. The first-order valence-corrected chi connectivity index (χ1v) is 8.69. The molecule has 4 aromatic rings. The van der Waals surface area contributed by atoms with Gasteiger partial charge in [-0.05, 0) is 36.2 Å². The van der Waals surface area contributed by atoms with Crippen molar-refractivity contribution in [3.05, 3.63) is 66.6 Å². The van der Waals surface area contributed by atoms with E-state index in [1.54, 1.807) is 0 Å². The highest BCUT2D eigenvalue weighted by Crippen LogP contribution is 2.43. The lowest BCUT2D eigenvalue weighted by Crippen LogP contribution is -1.95. The van der Waals surface area contributed by atoms with E-state index in [1.807, 2.05) is 36.7 Å². The maximum Gasteiger partial charge on any atom is 0.119 e. The normalized spacial score (nSPS) is 16.3. The van der Waals surface area contributed by atoms with E-state index in [-0.39, 0.29) is 0 Å². The van der Waals surface area contributed by atoms with Crippen molar-refractivity contribution < 1.29 is 0 Å². The minimum Gasteiger partial charge on any atom is -0.268 e. The van der Waals surface area contributed by atoms with E-state index in [2.05, 4.69) is 45.8 Å². The van der Waals surface area contributed by atoms with Crippen LogP contribution < -0.4 is 0 Å². The number of pyridine rings is 2. The molecule has 122 valence electrons. The van der Waals surface area contributed by atoms with Gasteiger partial charge < -0.3 is 0 Å². The molecule has 3 aromatic heterocycles. The first-order valence-electron chi connectivity index (χ1n) is 8.69. The molecular formula is C21H18N4. The van der Waals surface area contributed by atoms with Crippen molar-refractivity contribution in [2.45, 2.75) is 25.8 Å². The Morgan fingerprint density at radius 2 is 1.84 bits per heavy atom. The zero-order chi connectivity index (χ0) is 16.8. The highest BCUT2D eigenvalue weighted by Gasteiger charge is 2.29. The van der Waals surface area contributed by atoms with E-state index in [4.69, 9.17) is 5.10 Å². The van der Waals surface area contributed by atoms with Gasteiger partial charge in [0.15, 0.2) is 0 Å². The van der Waals surface area contributed by atoms with Crippen LogP contribution in [-0.2, 0) is 6.54 Å². The molecule has 1 atom stereocenters. The summed E-state index contributed by atoms with van der Waals surface area (Å²) in [5.41, 5.74) is 6.63. The van der Waals surface area contributed by atoms with Crippen LogP contribution in [-0.4, -0.2) is 19.7 Å². The van der Waals surface area contributed by atoms with E-state index in [1.165, 1.54) is 16.8 Å². The van der Waals surface area contributed by atoms with Gasteiger partial charge in [-0.1, -0.05) is 31.2 Å². The minimum atomic E-state index is 0.492. The quantitative estimate of drug-likeness (QED) is 0.538. The summed E-state index contributed by atoms with van der Waals surface area (Å²) in [5, 5.41) is 6.09. The summed E-state index contributed by atoms with van der Waals surface area (Å²) in [5.74, 6) is 0.492. The highest BCUT2D eigenvalue weighted by atomic mass is 15.3. The molecule has 4 nitrogen and oxygen atoms in total. The molecule has 0 N–H and O–H groups in total. The van der Waals surface area contributed by atoms with Crippen LogP contribution in [0.3, 0.4) is 0 Å². The van der Waals surface area contributed by atoms with Crippen LogP contribution in [0.15, 0.2) is 60.9 Å². The molecule has 0 aliphatic carbocycles. The molecule has 0 saturated heterocycles. The molecule has 1 aliphatic rings. The van der Waals surface area contributed by atoms with Crippen LogP contribution in [0.4, 0.5) is 0 Å². The standard InChI is InChI=1S/C21H18N4/c1-14-10-13-25-21(14)19(20(24-25)18-8-4-5-11-22-18)16-9-12-23-17-7-3-2-6-15(16)17/h2-9,11-12,14H,10,13H2,1H3. The Morgan fingerprint density at radius 3 is 2.72 bits per heavy atom. The number of aryl methyl sites for hydroxylation is 1. The molecular weight excluding hydrogens is 308 g/mol. The van der Waals surface area contributed by atoms with Crippen molar-refractivity contribution >= 4 is 10.9 Å². The molecule has 0 saturated carbocycles. The second kappa shape index (κ2) is 5.52. The largest absolute Gasteiger partial charge is 0.268 e. The molecule has 1 unspecified atom stereocenters. The Hall–Kier alpha value is -3.01. The number of para-hydroxylation sites is 1. The smallest absolute Gasteiger partial charge is 0.119 e. The van der Waals surface area contributed by atoms with Gasteiger partial charge in [0, 0.05) is 41.5 Å². The van der Waals surface area contributed by atoms with Crippen LogP contribution >= 0.6 is 0 Å². The van der Waals surface area contributed by atoms with E-state index < -0.39 is 0 Å². The Balaban J connectivity index is 1.86. The third-order valence-corrected chi connectivity index (χ3v) is 5.06. The first-order chi connectivity index (χ1) is 12.3. The molecule has 4 heterocycles. The Labute approximate surface area is 146 Å². The summed E-state index contributed by atoms with van der Waals surface area (Å²) in [4.78, 5) is 9.09. The molecule has 0 fully saturated rings. The molecule has 0 bridgehead atoms. The van der Waals surface area contributed by atoms with Crippen molar-refractivity contribution in [2.75, 3.05) is 0 Å². The second-order valence-electron chi connectivity index (χ2n) is 6.61. The van der Waals surface area contributed by atoms with Crippen LogP contribution in [0, 0.1) is 0 Å². The number of hydrogen-bond donors (Lipinski definition) is 0. The lowest BCUT2D eigenvalue weighted by atomic mass is 9.93. The van der Waals surface area contributed by atoms with Gasteiger partial charge in [0.25, 0.3) is 0 Å². The van der Waals surface area contributed by atoms with Gasteiger partial charge in [-0.25, -0.2) is 0 Å². The SMILES string of the molecule is CC1CCn2nc(-c3ccccn3)c(-c3ccnc4ccccc34)c21. The van der Waals surface area contributed by atoms with Crippen molar-refractivity contribution in [1.29, 1.82) is 0 Å². The van der Waals surface area contributed by atoms with Crippen LogP contribution in [0.25, 0.3) is 33.4 Å². The fourth-order valence-corrected chi connectivity index (χ4v) is 3.86. The van der Waals surface area contributed by atoms with Gasteiger partial charge in [0.1, 0.15) is 5.69 Å². The van der Waals surface area contributed by atoms with E-state index in [9.17, 15) is 0 Å². The number of hydrogen-bond acceptors (Lipinski definition) is 3. The minimum absolute atomic E-state index is 0.492. The lowest BCUT2D eigenvalue weighted by Gasteiger charge is -2.11. The highest BCUT2D eigenvalue weighted by molar-refractivity contribution is 5.98. The second-order valence-corrected chi connectivity index (χ2v) is 6.61. The third-order valence-electron chi connectivity index (χ3n) is 5.06. The number of nitrogens with zero attached hydrogens (tertiary/aromatic N) is 4. The summed E-state index contributed by atoms with van der Waals surface area (Å²) < 4.78 is 2.17. The zero-order valence-corrected chi connectivity index (χ0v) is 14.1. The first kappa shape index (κ1) is 14.3. The number of benzene rings is 1. The van der Waals surface area contributed by atoms with Crippen LogP contribution in [0.1, 0.15) is 25.0 Å². The lowest BCUT2D eigenvalue weighted by molar-refractivity contribution is 0.645. The van der Waals surface area contributed by atoms with Crippen molar-refractivity contribution in [1.82, 2.24) is 19.7 Å². The van der Waals surface area contributed by atoms with E-state index in [0.29, 0.717) is 5.92 Å². The molecule has 25 heavy (non-hydrogen) atoms. The fraction of sp³-hybridized carbons (Fsp3) is 0.190. The van der Waals surface area contributed by atoms with Gasteiger partial charge in [0.2, 0.25) is 0 Å². The number of aromatic nitrogens is 4. The molecule has 0 spiro atoms. The van der Waals surface area contributed by atoms with Crippen molar-refractivity contribution in [3.8, 4) is 22.5 Å². The Bertz CT molecular complexity index is 1060. The van der Waals surface area contributed by atoms with Gasteiger partial charge >= 0.3 is 0 Å². The zero-order valence-electron chi connectivity index (χ0n) is 14.1. The average Bonchev–Trinajstić information content (AvgIpc) is 3.22. The molecule has 0 amide bonds. The molecule has 1 aromatic carbocycles. The van der Waals surface area contributed by atoms with Gasteiger partial charge in [-0.2, -0.15) is 5.10 Å². The molecule has 5 rings (SSSR count). The predicted molar refractivity (Wildman–Crippen MR) is 99.2 cm³/mol. The van der Waals surface area contributed by atoms with Crippen LogP contribution in [0.5, 0.6) is 0 Å². The molecule has 4 heteroatoms. The van der Waals surface area contributed by atoms with Gasteiger partial charge in [-0.15, -0.1) is 0 Å². The monoisotopic (exact) mass is 326 g/mol. The Morgan fingerprint density at radius 1 is 0.960 bits per heavy atom. The third kappa shape index (κ3) is 2.18. The van der Waals surface area contributed by atoms with E-state index >= 15 is 0 Å². The maximum absolute atomic E-state index is 4.93. The topological polar surface area (TPSA) is 43.6 Å². The van der Waals surface area contributed by atoms with E-state index in [0.717, 1.165) is 35.3 Å². The predicted octanol–water partition coefficient (Wildman–Crippen LogP) is 4.67.